The molecule has 5 nitrogen and oxygen atoms in total. The molecule has 0 rings (SSSR count). The standard InChI is InChI=1S/C10H22N2O3S/c1-2-16(14,15)9-5-8-12-7-4-3-6-10(11)13/h12H,2-9H2,1H3,(H2,11,13). The van der Waals surface area contributed by atoms with Gasteiger partial charge in [-0.25, -0.2) is 8.42 Å². The van der Waals surface area contributed by atoms with Gasteiger partial charge in [0.15, 0.2) is 0 Å². The fraction of sp³-hybridized carbons (Fsp3) is 0.900. The lowest BCUT2D eigenvalue weighted by Crippen LogP contribution is -2.20. The molecule has 0 aliphatic carbocycles. The minimum atomic E-state index is -2.83. The zero-order valence-corrected chi connectivity index (χ0v) is 10.7. The Hall–Kier alpha value is -0.620. The number of carbonyl (C=O) groups is 1. The molecule has 0 aromatic carbocycles. The highest BCUT2D eigenvalue weighted by Gasteiger charge is 2.05. The number of hydrogen-bond acceptors (Lipinski definition) is 4. The van der Waals surface area contributed by atoms with Crippen molar-refractivity contribution in [2.24, 2.45) is 5.73 Å². The molecular weight excluding hydrogens is 228 g/mol. The molecule has 0 heterocycles. The van der Waals surface area contributed by atoms with Gasteiger partial charge in [-0.15, -0.1) is 0 Å². The van der Waals surface area contributed by atoms with Gasteiger partial charge in [0, 0.05) is 12.2 Å². The maximum atomic E-state index is 11.1. The summed E-state index contributed by atoms with van der Waals surface area (Å²) in [6.07, 6.45) is 2.75. The Morgan fingerprint density at radius 2 is 1.81 bits per heavy atom. The third-order valence-corrected chi connectivity index (χ3v) is 4.07. The number of amides is 1. The van der Waals surface area contributed by atoms with Crippen molar-refractivity contribution in [1.29, 1.82) is 0 Å². The summed E-state index contributed by atoms with van der Waals surface area (Å²) in [5.41, 5.74) is 4.99. The highest BCUT2D eigenvalue weighted by Crippen LogP contribution is 1.94. The van der Waals surface area contributed by atoms with E-state index in [0.29, 0.717) is 19.4 Å². The SMILES string of the molecule is CCS(=O)(=O)CCCNCCCCC(N)=O. The van der Waals surface area contributed by atoms with Crippen molar-refractivity contribution in [2.75, 3.05) is 24.6 Å². The van der Waals surface area contributed by atoms with Crippen molar-refractivity contribution in [3.8, 4) is 0 Å². The van der Waals surface area contributed by atoms with E-state index in [4.69, 9.17) is 5.73 Å². The van der Waals surface area contributed by atoms with Crippen LogP contribution < -0.4 is 11.1 Å². The van der Waals surface area contributed by atoms with Gasteiger partial charge in [-0.05, 0) is 32.4 Å². The van der Waals surface area contributed by atoms with Crippen LogP contribution in [0.5, 0.6) is 0 Å². The van der Waals surface area contributed by atoms with E-state index >= 15 is 0 Å². The molecule has 3 N–H and O–H groups in total. The second-order valence-corrected chi connectivity index (χ2v) is 6.24. The summed E-state index contributed by atoms with van der Waals surface area (Å²) < 4.78 is 22.3. The van der Waals surface area contributed by atoms with Crippen LogP contribution in [-0.4, -0.2) is 38.9 Å². The quantitative estimate of drug-likeness (QED) is 0.536. The fourth-order valence-electron chi connectivity index (χ4n) is 1.24. The molecule has 0 aromatic heterocycles. The van der Waals surface area contributed by atoms with Crippen LogP contribution >= 0.6 is 0 Å². The Morgan fingerprint density at radius 3 is 2.38 bits per heavy atom. The number of rotatable bonds is 10. The molecule has 0 bridgehead atoms. The zero-order valence-electron chi connectivity index (χ0n) is 9.87. The molecule has 0 aliphatic rings. The second kappa shape index (κ2) is 8.52. The van der Waals surface area contributed by atoms with E-state index in [1.54, 1.807) is 6.92 Å². The van der Waals surface area contributed by atoms with Crippen LogP contribution in [0.25, 0.3) is 0 Å². The van der Waals surface area contributed by atoms with Gasteiger partial charge in [-0.3, -0.25) is 4.79 Å². The van der Waals surface area contributed by atoms with Crippen LogP contribution in [0.15, 0.2) is 0 Å². The number of nitrogens with one attached hydrogen (secondary N) is 1. The van der Waals surface area contributed by atoms with E-state index in [2.05, 4.69) is 5.32 Å². The minimum Gasteiger partial charge on any atom is -0.370 e. The monoisotopic (exact) mass is 250 g/mol. The molecule has 1 amide bonds. The van der Waals surface area contributed by atoms with Gasteiger partial charge < -0.3 is 11.1 Å². The van der Waals surface area contributed by atoms with E-state index in [0.717, 1.165) is 19.4 Å². The van der Waals surface area contributed by atoms with Crippen LogP contribution in [0.4, 0.5) is 0 Å². The lowest BCUT2D eigenvalue weighted by molar-refractivity contribution is -0.118. The van der Waals surface area contributed by atoms with Crippen LogP contribution in [0.3, 0.4) is 0 Å². The van der Waals surface area contributed by atoms with Crippen molar-refractivity contribution in [3.05, 3.63) is 0 Å². The lowest BCUT2D eigenvalue weighted by atomic mass is 10.2. The maximum absolute atomic E-state index is 11.1. The third-order valence-electron chi connectivity index (χ3n) is 2.28. The summed E-state index contributed by atoms with van der Waals surface area (Å²) in [5, 5.41) is 3.14. The van der Waals surface area contributed by atoms with Gasteiger partial charge in [0.05, 0.1) is 5.75 Å². The normalized spacial score (nSPS) is 11.6. The van der Waals surface area contributed by atoms with Crippen molar-refractivity contribution in [2.45, 2.75) is 32.6 Å². The number of hydrogen-bond donors (Lipinski definition) is 2. The van der Waals surface area contributed by atoms with Crippen LogP contribution in [-0.2, 0) is 14.6 Å². The summed E-state index contributed by atoms with van der Waals surface area (Å²) in [6.45, 7) is 3.17. The Labute approximate surface area is 97.7 Å². The molecule has 0 unspecified atom stereocenters. The van der Waals surface area contributed by atoms with E-state index in [-0.39, 0.29) is 17.4 Å². The maximum Gasteiger partial charge on any atom is 0.217 e. The first kappa shape index (κ1) is 15.4. The molecule has 0 spiro atoms. The topological polar surface area (TPSA) is 89.3 Å². The van der Waals surface area contributed by atoms with Crippen molar-refractivity contribution >= 4 is 15.7 Å². The summed E-state index contributed by atoms with van der Waals surface area (Å²) in [5.74, 6) is 0.192. The zero-order chi connectivity index (χ0) is 12.4. The van der Waals surface area contributed by atoms with Gasteiger partial charge in [0.25, 0.3) is 0 Å². The Bertz CT molecular complexity index is 288. The summed E-state index contributed by atoms with van der Waals surface area (Å²) in [4.78, 5) is 10.4. The highest BCUT2D eigenvalue weighted by molar-refractivity contribution is 7.91. The van der Waals surface area contributed by atoms with E-state index in [1.807, 2.05) is 0 Å². The van der Waals surface area contributed by atoms with E-state index in [9.17, 15) is 13.2 Å². The van der Waals surface area contributed by atoms with Gasteiger partial charge >= 0.3 is 0 Å². The summed E-state index contributed by atoms with van der Waals surface area (Å²) in [7, 11) is -2.83. The molecule has 0 aliphatic heterocycles. The number of primary amides is 1. The number of unbranched alkanes of at least 4 members (excludes halogenated alkanes) is 1. The van der Waals surface area contributed by atoms with Crippen molar-refractivity contribution < 1.29 is 13.2 Å². The smallest absolute Gasteiger partial charge is 0.217 e. The first-order valence-electron chi connectivity index (χ1n) is 5.67. The Balaban J connectivity index is 3.25. The number of sulfone groups is 1. The first-order valence-corrected chi connectivity index (χ1v) is 7.49. The molecule has 0 saturated carbocycles. The molecule has 0 saturated heterocycles. The highest BCUT2D eigenvalue weighted by atomic mass is 32.2. The van der Waals surface area contributed by atoms with Crippen molar-refractivity contribution in [3.63, 3.8) is 0 Å². The van der Waals surface area contributed by atoms with E-state index < -0.39 is 9.84 Å². The average Bonchev–Trinajstić information content (AvgIpc) is 2.21. The average molecular weight is 250 g/mol. The molecule has 16 heavy (non-hydrogen) atoms. The molecule has 0 atom stereocenters. The minimum absolute atomic E-state index is 0.214. The largest absolute Gasteiger partial charge is 0.370 e. The predicted octanol–water partition coefficient (Wildman–Crippen LogP) is 0.0564. The molecule has 0 fully saturated rings. The molecular formula is C10H22N2O3S. The third kappa shape index (κ3) is 9.92. The molecule has 6 heteroatoms. The van der Waals surface area contributed by atoms with E-state index in [1.165, 1.54) is 0 Å². The van der Waals surface area contributed by atoms with Crippen LogP contribution in [0.1, 0.15) is 32.6 Å². The van der Waals surface area contributed by atoms with Gasteiger partial charge in [-0.1, -0.05) is 6.92 Å². The van der Waals surface area contributed by atoms with Gasteiger partial charge in [-0.2, -0.15) is 0 Å². The second-order valence-electron chi connectivity index (χ2n) is 3.76. The Morgan fingerprint density at radius 1 is 1.19 bits per heavy atom. The number of nitrogens with two attached hydrogens (primary N) is 1. The lowest BCUT2D eigenvalue weighted by Gasteiger charge is -2.04. The molecule has 0 aromatic rings. The van der Waals surface area contributed by atoms with Gasteiger partial charge in [0.2, 0.25) is 5.91 Å². The molecule has 96 valence electrons. The summed E-state index contributed by atoms with van der Waals surface area (Å²) in [6, 6.07) is 0. The summed E-state index contributed by atoms with van der Waals surface area (Å²) >= 11 is 0. The fourth-order valence-corrected chi connectivity index (χ4v) is 2.11. The Kier molecular flexibility index (Phi) is 8.19. The first-order chi connectivity index (χ1) is 7.48. The van der Waals surface area contributed by atoms with Crippen molar-refractivity contribution in [1.82, 2.24) is 5.32 Å². The van der Waals surface area contributed by atoms with Gasteiger partial charge in [0.1, 0.15) is 9.84 Å². The molecule has 0 radical (unpaired) electrons. The van der Waals surface area contributed by atoms with Crippen LogP contribution in [0.2, 0.25) is 0 Å². The number of carbonyl (C=O) groups excluding carboxylic acids is 1. The van der Waals surface area contributed by atoms with Crippen LogP contribution in [0, 0.1) is 0 Å². The predicted molar refractivity (Wildman–Crippen MR) is 64.9 cm³/mol.